The Hall–Kier alpha value is -1.53. The van der Waals surface area contributed by atoms with Gasteiger partial charge in [-0.25, -0.2) is 0 Å². The van der Waals surface area contributed by atoms with Gasteiger partial charge in [0.15, 0.2) is 5.88 Å². The van der Waals surface area contributed by atoms with Crippen molar-refractivity contribution in [2.45, 2.75) is 4.90 Å². The minimum atomic E-state index is -4.18. The van der Waals surface area contributed by atoms with Gasteiger partial charge in [0, 0.05) is 17.0 Å². The molecule has 0 radical (unpaired) electrons. The van der Waals surface area contributed by atoms with Crippen LogP contribution in [0, 0.1) is 0 Å². The molecule has 1 heterocycles. The number of rotatable bonds is 1. The summed E-state index contributed by atoms with van der Waals surface area (Å²) in [4.78, 5) is 2.43. The summed E-state index contributed by atoms with van der Waals surface area (Å²) in [6, 6.07) is 5.39. The fourth-order valence-corrected chi connectivity index (χ4v) is 1.77. The van der Waals surface area contributed by atoms with Gasteiger partial charge in [-0.05, 0) is 18.2 Å². The van der Waals surface area contributed by atoms with Crippen molar-refractivity contribution >= 4 is 21.0 Å². The molecular weight excluding hydrogens is 206 g/mol. The van der Waals surface area contributed by atoms with Crippen LogP contribution in [0.4, 0.5) is 0 Å². The molecule has 0 amide bonds. The van der Waals surface area contributed by atoms with E-state index in [2.05, 4.69) is 4.98 Å². The number of benzene rings is 1. The second kappa shape index (κ2) is 2.73. The number of hydrogen-bond donors (Lipinski definition) is 3. The Kier molecular flexibility index (Phi) is 1.76. The molecule has 0 saturated carbocycles. The zero-order chi connectivity index (χ0) is 10.3. The molecule has 0 bridgehead atoms. The predicted octanol–water partition coefficient (Wildman–Crippen LogP) is 1.12. The van der Waals surface area contributed by atoms with E-state index in [4.69, 9.17) is 9.66 Å². The van der Waals surface area contributed by atoms with Gasteiger partial charge in [-0.1, -0.05) is 0 Å². The molecular formula is C8H7NO4S. The van der Waals surface area contributed by atoms with Crippen LogP contribution in [0.2, 0.25) is 0 Å². The summed E-state index contributed by atoms with van der Waals surface area (Å²) in [5.74, 6) is -0.0486. The van der Waals surface area contributed by atoms with Crippen LogP contribution in [0.3, 0.4) is 0 Å². The molecule has 2 rings (SSSR count). The first kappa shape index (κ1) is 9.04. The van der Waals surface area contributed by atoms with E-state index in [0.29, 0.717) is 10.9 Å². The molecule has 0 fully saturated rings. The highest BCUT2D eigenvalue weighted by Crippen LogP contribution is 2.22. The Balaban J connectivity index is 2.74. The second-order valence-corrected chi connectivity index (χ2v) is 4.30. The summed E-state index contributed by atoms with van der Waals surface area (Å²) >= 11 is 0. The van der Waals surface area contributed by atoms with Gasteiger partial charge < -0.3 is 10.1 Å². The van der Waals surface area contributed by atoms with Gasteiger partial charge in [0.05, 0.1) is 4.90 Å². The Labute approximate surface area is 79.7 Å². The summed E-state index contributed by atoms with van der Waals surface area (Å²) in [7, 11) is -4.18. The number of H-pyrrole nitrogens is 1. The molecule has 2 aromatic rings. The third-order valence-electron chi connectivity index (χ3n) is 1.88. The molecule has 5 nitrogen and oxygen atoms in total. The zero-order valence-corrected chi connectivity index (χ0v) is 7.75. The van der Waals surface area contributed by atoms with Crippen LogP contribution < -0.4 is 0 Å². The average molecular weight is 213 g/mol. The minimum Gasteiger partial charge on any atom is -0.495 e. The van der Waals surface area contributed by atoms with E-state index in [1.54, 1.807) is 0 Å². The summed E-state index contributed by atoms with van der Waals surface area (Å²) < 4.78 is 30.3. The molecule has 0 spiro atoms. The van der Waals surface area contributed by atoms with Crippen molar-refractivity contribution in [1.29, 1.82) is 0 Å². The molecule has 0 aliphatic rings. The molecule has 3 N–H and O–H groups in total. The van der Waals surface area contributed by atoms with Crippen molar-refractivity contribution in [3.05, 3.63) is 24.3 Å². The molecule has 1 aromatic carbocycles. The van der Waals surface area contributed by atoms with Crippen LogP contribution in [0.25, 0.3) is 10.9 Å². The molecule has 0 atom stereocenters. The number of aromatic hydroxyl groups is 1. The van der Waals surface area contributed by atoms with Crippen LogP contribution in [0.5, 0.6) is 5.88 Å². The summed E-state index contributed by atoms with van der Waals surface area (Å²) in [5.41, 5.74) is 0.606. The van der Waals surface area contributed by atoms with Crippen molar-refractivity contribution in [1.82, 2.24) is 4.98 Å². The van der Waals surface area contributed by atoms with Crippen LogP contribution in [-0.4, -0.2) is 23.1 Å². The van der Waals surface area contributed by atoms with Crippen LogP contribution in [-0.2, 0) is 10.1 Å². The van der Waals surface area contributed by atoms with Crippen LogP contribution in [0.15, 0.2) is 29.2 Å². The normalized spacial score (nSPS) is 12.1. The monoisotopic (exact) mass is 213 g/mol. The van der Waals surface area contributed by atoms with E-state index in [1.807, 2.05) is 0 Å². The first-order chi connectivity index (χ1) is 6.47. The molecule has 0 aliphatic heterocycles. The van der Waals surface area contributed by atoms with Crippen molar-refractivity contribution < 1.29 is 18.1 Å². The summed E-state index contributed by atoms with van der Waals surface area (Å²) in [6.45, 7) is 0. The van der Waals surface area contributed by atoms with Crippen molar-refractivity contribution in [3.63, 3.8) is 0 Å². The smallest absolute Gasteiger partial charge is 0.294 e. The fourth-order valence-electron chi connectivity index (χ4n) is 1.26. The molecule has 0 saturated heterocycles. The highest BCUT2D eigenvalue weighted by molar-refractivity contribution is 7.85. The van der Waals surface area contributed by atoms with E-state index in [9.17, 15) is 8.42 Å². The number of fused-ring (bicyclic) bond motifs is 1. The van der Waals surface area contributed by atoms with E-state index in [-0.39, 0.29) is 10.8 Å². The second-order valence-electron chi connectivity index (χ2n) is 2.88. The lowest BCUT2D eigenvalue weighted by Crippen LogP contribution is -1.96. The van der Waals surface area contributed by atoms with Gasteiger partial charge in [-0.15, -0.1) is 0 Å². The molecule has 6 heteroatoms. The maximum Gasteiger partial charge on any atom is 0.294 e. The number of hydrogen-bond acceptors (Lipinski definition) is 3. The maximum atomic E-state index is 10.8. The zero-order valence-electron chi connectivity index (χ0n) is 6.93. The SMILES string of the molecule is O=S(=O)(O)c1ccc2[nH]c(O)cc2c1. The Morgan fingerprint density at radius 2 is 1.93 bits per heavy atom. The first-order valence-corrected chi connectivity index (χ1v) is 5.20. The van der Waals surface area contributed by atoms with Gasteiger partial charge in [0.1, 0.15) is 0 Å². The van der Waals surface area contributed by atoms with Gasteiger partial charge in [-0.3, -0.25) is 4.55 Å². The number of aromatic amines is 1. The van der Waals surface area contributed by atoms with Crippen LogP contribution in [0.1, 0.15) is 0 Å². The Morgan fingerprint density at radius 1 is 1.21 bits per heavy atom. The first-order valence-electron chi connectivity index (χ1n) is 3.76. The molecule has 14 heavy (non-hydrogen) atoms. The van der Waals surface area contributed by atoms with Gasteiger partial charge in [0.25, 0.3) is 10.1 Å². The summed E-state index contributed by atoms with van der Waals surface area (Å²) in [5, 5.41) is 9.61. The highest BCUT2D eigenvalue weighted by Gasteiger charge is 2.10. The Morgan fingerprint density at radius 3 is 2.57 bits per heavy atom. The van der Waals surface area contributed by atoms with Gasteiger partial charge >= 0.3 is 0 Å². The van der Waals surface area contributed by atoms with Crippen LogP contribution >= 0.6 is 0 Å². The van der Waals surface area contributed by atoms with Crippen molar-refractivity contribution in [2.24, 2.45) is 0 Å². The van der Waals surface area contributed by atoms with Gasteiger partial charge in [0.2, 0.25) is 0 Å². The largest absolute Gasteiger partial charge is 0.495 e. The standard InChI is InChI=1S/C8H7NO4S/c10-8-4-5-3-6(14(11,12)13)1-2-7(5)9-8/h1-4,9-10H,(H,11,12,13). The Bertz CT molecular complexity index is 584. The van der Waals surface area contributed by atoms with Crippen molar-refractivity contribution in [3.8, 4) is 5.88 Å². The predicted molar refractivity (Wildman–Crippen MR) is 49.8 cm³/mol. The fraction of sp³-hybridized carbons (Fsp3) is 0. The quantitative estimate of drug-likeness (QED) is 0.619. The molecule has 0 unspecified atom stereocenters. The van der Waals surface area contributed by atoms with Crippen molar-refractivity contribution in [2.75, 3.05) is 0 Å². The van der Waals surface area contributed by atoms with Gasteiger partial charge in [-0.2, -0.15) is 8.42 Å². The minimum absolute atomic E-state index is 0.0486. The molecule has 74 valence electrons. The van der Waals surface area contributed by atoms with E-state index < -0.39 is 10.1 Å². The number of aromatic nitrogens is 1. The number of nitrogens with one attached hydrogen (secondary N) is 1. The lowest BCUT2D eigenvalue weighted by molar-refractivity contribution is 0.458. The maximum absolute atomic E-state index is 10.8. The highest BCUT2D eigenvalue weighted by atomic mass is 32.2. The topological polar surface area (TPSA) is 90.4 Å². The lowest BCUT2D eigenvalue weighted by atomic mass is 10.2. The third-order valence-corrected chi connectivity index (χ3v) is 2.73. The van der Waals surface area contributed by atoms with E-state index >= 15 is 0 Å². The molecule has 0 aliphatic carbocycles. The summed E-state index contributed by atoms with van der Waals surface area (Å²) in [6.07, 6.45) is 0. The van der Waals surface area contributed by atoms with E-state index in [1.165, 1.54) is 24.3 Å². The van der Waals surface area contributed by atoms with E-state index in [0.717, 1.165) is 0 Å². The lowest BCUT2D eigenvalue weighted by Gasteiger charge is -1.95. The third kappa shape index (κ3) is 1.45. The molecule has 1 aromatic heterocycles. The average Bonchev–Trinajstić information content (AvgIpc) is 2.41.